The van der Waals surface area contributed by atoms with Gasteiger partial charge in [0.1, 0.15) is 12.6 Å². The number of ether oxygens (including phenoxy) is 1. The van der Waals surface area contributed by atoms with E-state index in [0.717, 1.165) is 0 Å². The second kappa shape index (κ2) is 7.68. The quantitative estimate of drug-likeness (QED) is 0.147. The van der Waals surface area contributed by atoms with Crippen LogP contribution < -0.4 is 5.32 Å². The van der Waals surface area contributed by atoms with Gasteiger partial charge in [-0.2, -0.15) is 4.79 Å². The Morgan fingerprint density at radius 3 is 2.54 bits per heavy atom. The summed E-state index contributed by atoms with van der Waals surface area (Å²) in [6.45, 7) is -0.0898. The number of esters is 1. The minimum absolute atomic E-state index is 0.0898. The van der Waals surface area contributed by atoms with E-state index in [1.165, 1.54) is 0 Å². The Kier molecular flexibility index (Phi) is 5.40. The SMILES string of the molecule is [N-]=[N+]=NC1C(=O)NC1CC(=O)C(=[N+]=[N-])C(=O)OCc1ccccc1. The van der Waals surface area contributed by atoms with Crippen LogP contribution in [0.1, 0.15) is 12.0 Å². The molecule has 0 spiro atoms. The predicted molar refractivity (Wildman–Crippen MR) is 79.4 cm³/mol. The molecular formula is C14H12N6O4. The molecule has 1 amide bonds. The number of hydrogen-bond donors (Lipinski definition) is 1. The zero-order valence-corrected chi connectivity index (χ0v) is 12.3. The number of β-lactam (4-membered cyclic amide) rings is 1. The van der Waals surface area contributed by atoms with E-state index in [1.54, 1.807) is 30.3 Å². The van der Waals surface area contributed by atoms with E-state index in [-0.39, 0.29) is 13.0 Å². The lowest BCUT2D eigenvalue weighted by Gasteiger charge is -2.32. The molecule has 122 valence electrons. The van der Waals surface area contributed by atoms with E-state index in [0.29, 0.717) is 5.56 Å². The van der Waals surface area contributed by atoms with Gasteiger partial charge >= 0.3 is 11.7 Å². The molecule has 1 aromatic carbocycles. The number of Topliss-reactive ketones (excluding diaryl/α,β-unsaturated/α-hetero) is 1. The summed E-state index contributed by atoms with van der Waals surface area (Å²) in [5.74, 6) is -2.43. The van der Waals surface area contributed by atoms with Crippen molar-refractivity contribution in [3.05, 3.63) is 51.9 Å². The molecule has 1 aliphatic rings. The largest absolute Gasteiger partial charge is 0.452 e. The first kappa shape index (κ1) is 16.9. The molecule has 0 radical (unpaired) electrons. The molecule has 2 unspecified atom stereocenters. The molecular weight excluding hydrogens is 316 g/mol. The highest BCUT2D eigenvalue weighted by Gasteiger charge is 2.43. The molecule has 2 rings (SSSR count). The predicted octanol–water partition coefficient (Wildman–Crippen LogP) is 0.537. The van der Waals surface area contributed by atoms with Gasteiger partial charge in [0, 0.05) is 11.3 Å². The molecule has 1 aromatic rings. The van der Waals surface area contributed by atoms with Crippen LogP contribution >= 0.6 is 0 Å². The Morgan fingerprint density at radius 1 is 1.25 bits per heavy atom. The summed E-state index contributed by atoms with van der Waals surface area (Å²) in [5.41, 5.74) is 17.1. The van der Waals surface area contributed by atoms with Gasteiger partial charge in [0.15, 0.2) is 0 Å². The summed E-state index contributed by atoms with van der Waals surface area (Å²) >= 11 is 0. The summed E-state index contributed by atoms with van der Waals surface area (Å²) in [4.78, 5) is 40.2. The molecule has 1 N–H and O–H groups in total. The summed E-state index contributed by atoms with van der Waals surface area (Å²) < 4.78 is 4.91. The zero-order valence-electron chi connectivity index (χ0n) is 12.3. The minimum atomic E-state index is -1.09. The summed E-state index contributed by atoms with van der Waals surface area (Å²) in [6.07, 6.45) is -0.352. The van der Waals surface area contributed by atoms with Crippen molar-refractivity contribution < 1.29 is 23.9 Å². The lowest BCUT2D eigenvalue weighted by molar-refractivity contribution is -0.143. The first-order valence-corrected chi connectivity index (χ1v) is 6.87. The topological polar surface area (TPSA) is 158 Å². The molecule has 24 heavy (non-hydrogen) atoms. The van der Waals surface area contributed by atoms with Crippen molar-refractivity contribution in [1.29, 1.82) is 0 Å². The van der Waals surface area contributed by atoms with Crippen molar-refractivity contribution in [2.45, 2.75) is 25.1 Å². The Hall–Kier alpha value is -3.48. The third-order valence-electron chi connectivity index (χ3n) is 3.33. The smallest absolute Gasteiger partial charge is 0.441 e. The van der Waals surface area contributed by atoms with Gasteiger partial charge < -0.3 is 15.6 Å². The van der Waals surface area contributed by atoms with Gasteiger partial charge in [0.25, 0.3) is 5.78 Å². The van der Waals surface area contributed by atoms with Crippen molar-refractivity contribution in [3.8, 4) is 0 Å². The highest BCUT2D eigenvalue weighted by Crippen LogP contribution is 2.15. The van der Waals surface area contributed by atoms with Crippen LogP contribution in [0.5, 0.6) is 0 Å². The molecule has 10 heteroatoms. The number of benzene rings is 1. The van der Waals surface area contributed by atoms with Crippen LogP contribution in [0, 0.1) is 0 Å². The normalized spacial score (nSPS) is 18.2. The van der Waals surface area contributed by atoms with Gasteiger partial charge in [-0.05, 0) is 11.1 Å². The van der Waals surface area contributed by atoms with Crippen molar-refractivity contribution >= 4 is 23.4 Å². The molecule has 0 saturated carbocycles. The van der Waals surface area contributed by atoms with Gasteiger partial charge in [0.05, 0.1) is 6.04 Å². The minimum Gasteiger partial charge on any atom is -0.452 e. The van der Waals surface area contributed by atoms with Gasteiger partial charge in [-0.25, -0.2) is 4.79 Å². The molecule has 10 nitrogen and oxygen atoms in total. The van der Waals surface area contributed by atoms with E-state index in [1.807, 2.05) is 0 Å². The Balaban J connectivity index is 1.94. The van der Waals surface area contributed by atoms with Gasteiger partial charge in [0.2, 0.25) is 5.91 Å². The van der Waals surface area contributed by atoms with Crippen LogP contribution in [0.2, 0.25) is 0 Å². The van der Waals surface area contributed by atoms with E-state index in [4.69, 9.17) is 15.8 Å². The fraction of sp³-hybridized carbons (Fsp3) is 0.286. The zero-order chi connectivity index (χ0) is 17.5. The fourth-order valence-electron chi connectivity index (χ4n) is 2.08. The summed E-state index contributed by atoms with van der Waals surface area (Å²) in [7, 11) is 0. The summed E-state index contributed by atoms with van der Waals surface area (Å²) in [5, 5.41) is 5.62. The van der Waals surface area contributed by atoms with E-state index in [2.05, 4.69) is 20.1 Å². The number of nitrogens with one attached hydrogen (secondary N) is 1. The standard InChI is InChI=1S/C14H12N6O4/c15-18-12(14(23)24-7-8-4-2-1-3-5-8)10(21)6-9-11(19-20-16)13(22)17-9/h1-5,9,11H,6-7H2,(H,17,22). The number of carbonyl (C=O) groups excluding carboxylic acids is 3. The average molecular weight is 328 g/mol. The van der Waals surface area contributed by atoms with Gasteiger partial charge in [-0.3, -0.25) is 9.59 Å². The summed E-state index contributed by atoms with van der Waals surface area (Å²) in [6, 6.07) is 6.97. The Morgan fingerprint density at radius 2 is 1.96 bits per heavy atom. The van der Waals surface area contributed by atoms with Gasteiger partial charge in [-0.15, -0.1) is 0 Å². The lowest BCUT2D eigenvalue weighted by Crippen LogP contribution is -2.62. The lowest BCUT2D eigenvalue weighted by atomic mass is 9.93. The number of nitrogens with zero attached hydrogens (tertiary/aromatic N) is 5. The molecule has 1 saturated heterocycles. The van der Waals surface area contributed by atoms with Gasteiger partial charge in [-0.1, -0.05) is 35.4 Å². The van der Waals surface area contributed by atoms with Crippen LogP contribution in [-0.4, -0.2) is 40.2 Å². The van der Waals surface area contributed by atoms with Crippen LogP contribution in [0.25, 0.3) is 16.0 Å². The number of amides is 1. The second-order valence-electron chi connectivity index (χ2n) is 4.90. The van der Waals surface area contributed by atoms with Crippen LogP contribution in [0.15, 0.2) is 35.4 Å². The number of ketones is 1. The average Bonchev–Trinajstić information content (AvgIpc) is 2.59. The Labute approximate surface area is 135 Å². The van der Waals surface area contributed by atoms with Crippen molar-refractivity contribution in [1.82, 2.24) is 5.32 Å². The van der Waals surface area contributed by atoms with Crippen molar-refractivity contribution in [2.75, 3.05) is 0 Å². The number of azide groups is 1. The van der Waals surface area contributed by atoms with E-state index < -0.39 is 35.5 Å². The molecule has 0 bridgehead atoms. The van der Waals surface area contributed by atoms with Crippen molar-refractivity contribution in [2.24, 2.45) is 5.11 Å². The van der Waals surface area contributed by atoms with Crippen LogP contribution in [-0.2, 0) is 25.7 Å². The fourth-order valence-corrected chi connectivity index (χ4v) is 2.08. The Bertz CT molecular complexity index is 763. The molecule has 1 aliphatic heterocycles. The third kappa shape index (κ3) is 3.83. The molecule has 2 atom stereocenters. The highest BCUT2D eigenvalue weighted by atomic mass is 16.5. The monoisotopic (exact) mass is 328 g/mol. The molecule has 0 aliphatic carbocycles. The number of rotatable bonds is 7. The molecule has 1 heterocycles. The van der Waals surface area contributed by atoms with E-state index in [9.17, 15) is 14.4 Å². The maximum atomic E-state index is 12.0. The van der Waals surface area contributed by atoms with E-state index >= 15 is 0 Å². The molecule has 1 fully saturated rings. The maximum absolute atomic E-state index is 12.0. The first-order chi connectivity index (χ1) is 11.6. The van der Waals surface area contributed by atoms with Crippen LogP contribution in [0.4, 0.5) is 0 Å². The maximum Gasteiger partial charge on any atom is 0.441 e. The first-order valence-electron chi connectivity index (χ1n) is 6.87. The third-order valence-corrected chi connectivity index (χ3v) is 3.33. The molecule has 0 aromatic heterocycles. The second-order valence-corrected chi connectivity index (χ2v) is 4.90. The highest BCUT2D eigenvalue weighted by molar-refractivity contribution is 6.62. The van der Waals surface area contributed by atoms with Crippen LogP contribution in [0.3, 0.4) is 0 Å². The number of carbonyl (C=O) groups is 3. The van der Waals surface area contributed by atoms with Crippen molar-refractivity contribution in [3.63, 3.8) is 0 Å². The number of hydrogen-bond acceptors (Lipinski definition) is 5.